The van der Waals surface area contributed by atoms with Crippen molar-refractivity contribution in [3.05, 3.63) is 47.2 Å². The molecule has 0 spiro atoms. The Morgan fingerprint density at radius 1 is 1.17 bits per heavy atom. The van der Waals surface area contributed by atoms with E-state index in [2.05, 4.69) is 10.00 Å². The Morgan fingerprint density at radius 2 is 2.00 bits per heavy atom. The second-order valence-electron chi connectivity index (χ2n) is 6.23. The van der Waals surface area contributed by atoms with E-state index >= 15 is 0 Å². The topological polar surface area (TPSA) is 41.4 Å². The number of halogens is 1. The summed E-state index contributed by atoms with van der Waals surface area (Å²) >= 11 is 5.91. The lowest BCUT2D eigenvalue weighted by molar-refractivity contribution is 0.0571. The molecule has 0 unspecified atom stereocenters. The van der Waals surface area contributed by atoms with Crippen LogP contribution >= 0.6 is 11.6 Å². The van der Waals surface area contributed by atoms with Gasteiger partial charge < -0.3 is 4.90 Å². The van der Waals surface area contributed by atoms with Crippen molar-refractivity contribution in [1.82, 2.24) is 19.6 Å². The Kier molecular flexibility index (Phi) is 3.83. The Hall–Kier alpha value is -1.85. The standard InChI is InChI=1S/C17H19ClN4O/c18-14-3-5-15(6-4-14)22-11-13(10-19-22)17(23)21-9-8-20-7-1-2-16(20)12-21/h3-6,10-11,16H,1-2,7-9,12H2/t16-/m1/s1. The average molecular weight is 331 g/mol. The van der Waals surface area contributed by atoms with Gasteiger partial charge in [0.05, 0.1) is 17.4 Å². The summed E-state index contributed by atoms with van der Waals surface area (Å²) in [5.74, 6) is 0.0803. The van der Waals surface area contributed by atoms with Crippen molar-refractivity contribution in [3.8, 4) is 5.69 Å². The molecule has 1 atom stereocenters. The van der Waals surface area contributed by atoms with Gasteiger partial charge in [0.1, 0.15) is 0 Å². The van der Waals surface area contributed by atoms with Crippen LogP contribution in [0, 0.1) is 0 Å². The molecule has 23 heavy (non-hydrogen) atoms. The molecule has 0 N–H and O–H groups in total. The molecule has 0 radical (unpaired) electrons. The predicted molar refractivity (Wildman–Crippen MR) is 89.1 cm³/mol. The van der Waals surface area contributed by atoms with Crippen LogP contribution in [-0.2, 0) is 0 Å². The molecule has 6 heteroatoms. The fraction of sp³-hybridized carbons (Fsp3) is 0.412. The first-order chi connectivity index (χ1) is 11.2. The lowest BCUT2D eigenvalue weighted by Crippen LogP contribution is -2.52. The summed E-state index contributed by atoms with van der Waals surface area (Å²) in [7, 11) is 0. The van der Waals surface area contributed by atoms with Crippen LogP contribution in [0.25, 0.3) is 5.69 Å². The van der Waals surface area contributed by atoms with Crippen LogP contribution in [0.5, 0.6) is 0 Å². The van der Waals surface area contributed by atoms with E-state index in [0.29, 0.717) is 16.6 Å². The van der Waals surface area contributed by atoms with Crippen molar-refractivity contribution in [2.75, 3.05) is 26.2 Å². The second-order valence-corrected chi connectivity index (χ2v) is 6.67. The van der Waals surface area contributed by atoms with Crippen molar-refractivity contribution in [3.63, 3.8) is 0 Å². The number of piperazine rings is 1. The lowest BCUT2D eigenvalue weighted by Gasteiger charge is -2.37. The largest absolute Gasteiger partial charge is 0.336 e. The zero-order chi connectivity index (χ0) is 15.8. The molecule has 0 bridgehead atoms. The van der Waals surface area contributed by atoms with E-state index in [0.717, 1.165) is 25.3 Å². The minimum atomic E-state index is 0.0803. The molecule has 4 rings (SSSR count). The van der Waals surface area contributed by atoms with Gasteiger partial charge in [-0.15, -0.1) is 0 Å². The number of fused-ring (bicyclic) bond motifs is 1. The highest BCUT2D eigenvalue weighted by molar-refractivity contribution is 6.30. The van der Waals surface area contributed by atoms with Crippen molar-refractivity contribution in [1.29, 1.82) is 0 Å². The molecule has 1 amide bonds. The van der Waals surface area contributed by atoms with E-state index in [1.807, 2.05) is 29.2 Å². The highest BCUT2D eigenvalue weighted by Gasteiger charge is 2.33. The SMILES string of the molecule is O=C(c1cnn(-c2ccc(Cl)cc2)c1)N1CCN2CCC[C@@H]2C1. The summed E-state index contributed by atoms with van der Waals surface area (Å²) < 4.78 is 1.72. The van der Waals surface area contributed by atoms with Crippen LogP contribution in [-0.4, -0.2) is 57.7 Å². The van der Waals surface area contributed by atoms with E-state index in [-0.39, 0.29) is 5.91 Å². The van der Waals surface area contributed by atoms with Gasteiger partial charge in [-0.1, -0.05) is 11.6 Å². The normalized spacial score (nSPS) is 21.4. The molecule has 0 saturated carbocycles. The van der Waals surface area contributed by atoms with Gasteiger partial charge in [-0.05, 0) is 43.7 Å². The van der Waals surface area contributed by atoms with Gasteiger partial charge >= 0.3 is 0 Å². The summed E-state index contributed by atoms with van der Waals surface area (Å²) in [6.07, 6.45) is 5.90. The first-order valence-corrected chi connectivity index (χ1v) is 8.42. The highest BCUT2D eigenvalue weighted by Crippen LogP contribution is 2.22. The molecule has 2 aliphatic rings. The van der Waals surface area contributed by atoms with Crippen molar-refractivity contribution in [2.24, 2.45) is 0 Å². The fourth-order valence-corrected chi connectivity index (χ4v) is 3.65. The molecule has 2 saturated heterocycles. The number of hydrogen-bond acceptors (Lipinski definition) is 3. The molecular formula is C17H19ClN4O. The second kappa shape index (κ2) is 5.98. The van der Waals surface area contributed by atoms with E-state index in [9.17, 15) is 4.79 Å². The Balaban J connectivity index is 1.50. The summed E-state index contributed by atoms with van der Waals surface area (Å²) in [5, 5.41) is 5.00. The molecule has 120 valence electrons. The number of carbonyl (C=O) groups excluding carboxylic acids is 1. The van der Waals surface area contributed by atoms with Crippen LogP contribution in [0.15, 0.2) is 36.7 Å². The summed E-state index contributed by atoms with van der Waals surface area (Å²) in [5.41, 5.74) is 1.54. The Morgan fingerprint density at radius 3 is 2.83 bits per heavy atom. The van der Waals surface area contributed by atoms with Crippen LogP contribution in [0.2, 0.25) is 5.02 Å². The Labute approximate surface area is 140 Å². The number of nitrogens with zero attached hydrogens (tertiary/aromatic N) is 4. The third-order valence-electron chi connectivity index (χ3n) is 4.80. The molecule has 5 nitrogen and oxygen atoms in total. The molecule has 1 aromatic heterocycles. The maximum atomic E-state index is 12.7. The number of rotatable bonds is 2. The van der Waals surface area contributed by atoms with Crippen molar-refractivity contribution < 1.29 is 4.79 Å². The maximum absolute atomic E-state index is 12.7. The monoisotopic (exact) mass is 330 g/mol. The summed E-state index contributed by atoms with van der Waals surface area (Å²) in [6, 6.07) is 7.96. The molecule has 0 aliphatic carbocycles. The van der Waals surface area contributed by atoms with E-state index in [4.69, 9.17) is 11.6 Å². The first kappa shape index (κ1) is 14.7. The summed E-state index contributed by atoms with van der Waals surface area (Å²) in [4.78, 5) is 17.2. The third-order valence-corrected chi connectivity index (χ3v) is 5.05. The molecule has 2 aromatic rings. The quantitative estimate of drug-likeness (QED) is 0.849. The first-order valence-electron chi connectivity index (χ1n) is 8.05. The molecule has 2 fully saturated rings. The zero-order valence-electron chi connectivity index (χ0n) is 12.9. The number of amides is 1. The van der Waals surface area contributed by atoms with Crippen molar-refractivity contribution >= 4 is 17.5 Å². The lowest BCUT2D eigenvalue weighted by atomic mass is 10.1. The van der Waals surface area contributed by atoms with Gasteiger partial charge in [-0.2, -0.15) is 5.10 Å². The van der Waals surface area contributed by atoms with E-state index in [1.165, 1.54) is 19.4 Å². The number of carbonyl (C=O) groups is 1. The predicted octanol–water partition coefficient (Wildman–Crippen LogP) is 2.45. The van der Waals surface area contributed by atoms with Gasteiger partial charge in [0.25, 0.3) is 5.91 Å². The Bertz CT molecular complexity index is 712. The minimum absolute atomic E-state index is 0.0803. The van der Waals surface area contributed by atoms with Gasteiger partial charge in [-0.25, -0.2) is 4.68 Å². The number of aromatic nitrogens is 2. The highest BCUT2D eigenvalue weighted by atomic mass is 35.5. The third kappa shape index (κ3) is 2.86. The zero-order valence-corrected chi connectivity index (χ0v) is 13.6. The molecule has 3 heterocycles. The minimum Gasteiger partial charge on any atom is -0.336 e. The maximum Gasteiger partial charge on any atom is 0.257 e. The van der Waals surface area contributed by atoms with E-state index < -0.39 is 0 Å². The molecule has 2 aliphatic heterocycles. The van der Waals surface area contributed by atoms with E-state index in [1.54, 1.807) is 17.1 Å². The van der Waals surface area contributed by atoms with Gasteiger partial charge in [0, 0.05) is 36.9 Å². The smallest absolute Gasteiger partial charge is 0.257 e. The van der Waals surface area contributed by atoms with Crippen LogP contribution in [0.3, 0.4) is 0 Å². The fourth-order valence-electron chi connectivity index (χ4n) is 3.53. The van der Waals surface area contributed by atoms with Crippen molar-refractivity contribution in [2.45, 2.75) is 18.9 Å². The van der Waals surface area contributed by atoms with Gasteiger partial charge in [0.2, 0.25) is 0 Å². The number of hydrogen-bond donors (Lipinski definition) is 0. The van der Waals surface area contributed by atoms with Gasteiger partial charge in [-0.3, -0.25) is 9.69 Å². The molecular weight excluding hydrogens is 312 g/mol. The van der Waals surface area contributed by atoms with Crippen LogP contribution in [0.1, 0.15) is 23.2 Å². The molecule has 1 aromatic carbocycles. The summed E-state index contributed by atoms with van der Waals surface area (Å²) in [6.45, 7) is 3.81. The van der Waals surface area contributed by atoms with Gasteiger partial charge in [0.15, 0.2) is 0 Å². The van der Waals surface area contributed by atoms with Crippen LogP contribution in [0.4, 0.5) is 0 Å². The number of benzene rings is 1. The van der Waals surface area contributed by atoms with Crippen LogP contribution < -0.4 is 0 Å². The average Bonchev–Trinajstić information content (AvgIpc) is 3.23.